The van der Waals surface area contributed by atoms with Crippen molar-refractivity contribution in [3.8, 4) is 0 Å². The van der Waals surface area contributed by atoms with Crippen molar-refractivity contribution in [1.29, 1.82) is 0 Å². The van der Waals surface area contributed by atoms with Crippen LogP contribution in [-0.2, 0) is 14.3 Å². The number of hydrogen-bond donors (Lipinski definition) is 2. The smallest absolute Gasteiger partial charge is 0.313 e. The van der Waals surface area contributed by atoms with Crippen LogP contribution >= 0.6 is 0 Å². The molecule has 0 atom stereocenters. The first kappa shape index (κ1) is 15.2. The summed E-state index contributed by atoms with van der Waals surface area (Å²) in [5.74, 6) is -1.27. The monoisotopic (exact) mass is 264 g/mol. The van der Waals surface area contributed by atoms with Gasteiger partial charge in [-0.05, 0) is 37.5 Å². The van der Waals surface area contributed by atoms with Gasteiger partial charge in [0.15, 0.2) is 0 Å². The SMILES string of the molecule is COCCCNC(=O)C(=O)Nc1cc(C)ccc1C. The summed E-state index contributed by atoms with van der Waals surface area (Å²) in [4.78, 5) is 23.2. The summed E-state index contributed by atoms with van der Waals surface area (Å²) in [5, 5.41) is 5.15. The molecular weight excluding hydrogens is 244 g/mol. The molecule has 0 unspecified atom stereocenters. The molecule has 0 radical (unpaired) electrons. The summed E-state index contributed by atoms with van der Waals surface area (Å²) in [6.45, 7) is 4.79. The molecule has 5 heteroatoms. The Balaban J connectivity index is 2.49. The largest absolute Gasteiger partial charge is 0.385 e. The third-order valence-electron chi connectivity index (χ3n) is 2.66. The van der Waals surface area contributed by atoms with Gasteiger partial charge in [-0.2, -0.15) is 0 Å². The highest BCUT2D eigenvalue weighted by Gasteiger charge is 2.13. The van der Waals surface area contributed by atoms with E-state index < -0.39 is 11.8 Å². The van der Waals surface area contributed by atoms with Crippen LogP contribution < -0.4 is 10.6 Å². The van der Waals surface area contributed by atoms with Crippen LogP contribution in [0.1, 0.15) is 17.5 Å². The lowest BCUT2D eigenvalue weighted by Gasteiger charge is -2.09. The second-order valence-electron chi connectivity index (χ2n) is 4.37. The molecule has 0 aliphatic heterocycles. The maximum Gasteiger partial charge on any atom is 0.313 e. The van der Waals surface area contributed by atoms with E-state index in [1.165, 1.54) is 0 Å². The lowest BCUT2D eigenvalue weighted by atomic mass is 10.1. The first-order chi connectivity index (χ1) is 9.04. The van der Waals surface area contributed by atoms with Crippen LogP contribution in [0.4, 0.5) is 5.69 Å². The fourth-order valence-corrected chi connectivity index (χ4v) is 1.55. The Labute approximate surface area is 113 Å². The summed E-state index contributed by atoms with van der Waals surface area (Å²) in [7, 11) is 1.59. The number of benzene rings is 1. The van der Waals surface area contributed by atoms with Crippen LogP contribution in [-0.4, -0.2) is 32.1 Å². The van der Waals surface area contributed by atoms with Gasteiger partial charge < -0.3 is 15.4 Å². The molecule has 0 aromatic heterocycles. The van der Waals surface area contributed by atoms with E-state index in [1.807, 2.05) is 32.0 Å². The third-order valence-corrected chi connectivity index (χ3v) is 2.66. The maximum atomic E-state index is 11.7. The summed E-state index contributed by atoms with van der Waals surface area (Å²) >= 11 is 0. The molecule has 0 bridgehead atoms. The van der Waals surface area contributed by atoms with Crippen LogP contribution in [0.25, 0.3) is 0 Å². The maximum absolute atomic E-state index is 11.7. The molecule has 1 rings (SSSR count). The molecule has 19 heavy (non-hydrogen) atoms. The summed E-state index contributed by atoms with van der Waals surface area (Å²) < 4.78 is 4.86. The Bertz CT molecular complexity index is 458. The first-order valence-electron chi connectivity index (χ1n) is 6.20. The van der Waals surface area contributed by atoms with Crippen LogP contribution in [0.15, 0.2) is 18.2 Å². The van der Waals surface area contributed by atoms with Crippen molar-refractivity contribution >= 4 is 17.5 Å². The zero-order chi connectivity index (χ0) is 14.3. The highest BCUT2D eigenvalue weighted by atomic mass is 16.5. The second-order valence-corrected chi connectivity index (χ2v) is 4.37. The van der Waals surface area contributed by atoms with Crippen molar-refractivity contribution in [1.82, 2.24) is 5.32 Å². The zero-order valence-corrected chi connectivity index (χ0v) is 11.6. The van der Waals surface area contributed by atoms with Crippen molar-refractivity contribution in [2.75, 3.05) is 25.6 Å². The molecule has 0 fully saturated rings. The summed E-state index contributed by atoms with van der Waals surface area (Å²) in [6.07, 6.45) is 0.680. The predicted octanol–water partition coefficient (Wildman–Crippen LogP) is 1.39. The number of aryl methyl sites for hydroxylation is 2. The molecule has 0 saturated carbocycles. The average Bonchev–Trinajstić information content (AvgIpc) is 2.38. The Hall–Kier alpha value is -1.88. The van der Waals surface area contributed by atoms with Crippen LogP contribution in [0.2, 0.25) is 0 Å². The molecule has 104 valence electrons. The average molecular weight is 264 g/mol. The number of ether oxygens (including phenoxy) is 1. The molecule has 0 aliphatic carbocycles. The fraction of sp³-hybridized carbons (Fsp3) is 0.429. The lowest BCUT2D eigenvalue weighted by molar-refractivity contribution is -0.136. The van der Waals surface area contributed by atoms with Gasteiger partial charge in [0.05, 0.1) is 0 Å². The van der Waals surface area contributed by atoms with Crippen molar-refractivity contribution < 1.29 is 14.3 Å². The number of nitrogens with one attached hydrogen (secondary N) is 2. The number of carbonyl (C=O) groups is 2. The van der Waals surface area contributed by atoms with Gasteiger partial charge in [-0.25, -0.2) is 0 Å². The standard InChI is InChI=1S/C14H20N2O3/c1-10-5-6-11(2)12(9-10)16-14(18)13(17)15-7-4-8-19-3/h5-6,9H,4,7-8H2,1-3H3,(H,15,17)(H,16,18). The van der Waals surface area contributed by atoms with Crippen molar-refractivity contribution in [3.63, 3.8) is 0 Å². The summed E-state index contributed by atoms with van der Waals surface area (Å²) in [6, 6.07) is 5.70. The first-order valence-corrected chi connectivity index (χ1v) is 6.20. The van der Waals surface area contributed by atoms with E-state index in [0.29, 0.717) is 25.3 Å². The number of carbonyl (C=O) groups excluding carboxylic acids is 2. The zero-order valence-electron chi connectivity index (χ0n) is 11.6. The number of anilines is 1. The molecule has 1 aromatic carbocycles. The van der Waals surface area contributed by atoms with E-state index in [1.54, 1.807) is 7.11 Å². The molecular formula is C14H20N2O3. The van der Waals surface area contributed by atoms with Gasteiger partial charge in [-0.1, -0.05) is 12.1 Å². The minimum Gasteiger partial charge on any atom is -0.385 e. The van der Waals surface area contributed by atoms with Gasteiger partial charge in [0.2, 0.25) is 0 Å². The van der Waals surface area contributed by atoms with E-state index in [0.717, 1.165) is 11.1 Å². The highest BCUT2D eigenvalue weighted by Crippen LogP contribution is 2.15. The van der Waals surface area contributed by atoms with Gasteiger partial charge in [0, 0.05) is 25.9 Å². The minimum absolute atomic E-state index is 0.424. The molecule has 2 amide bonds. The Morgan fingerprint density at radius 3 is 2.63 bits per heavy atom. The van der Waals surface area contributed by atoms with E-state index in [-0.39, 0.29) is 0 Å². The molecule has 0 saturated heterocycles. The van der Waals surface area contributed by atoms with Crippen molar-refractivity contribution in [2.45, 2.75) is 20.3 Å². The highest BCUT2D eigenvalue weighted by molar-refractivity contribution is 6.39. The molecule has 0 heterocycles. The van der Waals surface area contributed by atoms with Crippen LogP contribution in [0, 0.1) is 13.8 Å². The quantitative estimate of drug-likeness (QED) is 0.624. The normalized spacial score (nSPS) is 10.1. The van der Waals surface area contributed by atoms with Gasteiger partial charge in [-0.3, -0.25) is 9.59 Å². The molecule has 0 spiro atoms. The lowest BCUT2D eigenvalue weighted by Crippen LogP contribution is -2.36. The van der Waals surface area contributed by atoms with Crippen molar-refractivity contribution in [2.24, 2.45) is 0 Å². The Morgan fingerprint density at radius 2 is 1.95 bits per heavy atom. The minimum atomic E-state index is -0.647. The van der Waals surface area contributed by atoms with Crippen LogP contribution in [0.3, 0.4) is 0 Å². The summed E-state index contributed by atoms with van der Waals surface area (Å²) in [5.41, 5.74) is 2.62. The van der Waals surface area contributed by atoms with Gasteiger partial charge in [0.1, 0.15) is 0 Å². The van der Waals surface area contributed by atoms with E-state index in [4.69, 9.17) is 4.74 Å². The van der Waals surface area contributed by atoms with Crippen LogP contribution in [0.5, 0.6) is 0 Å². The van der Waals surface area contributed by atoms with Crippen molar-refractivity contribution in [3.05, 3.63) is 29.3 Å². The molecule has 5 nitrogen and oxygen atoms in total. The number of hydrogen-bond acceptors (Lipinski definition) is 3. The fourth-order valence-electron chi connectivity index (χ4n) is 1.55. The number of amides is 2. The molecule has 0 aliphatic rings. The molecule has 1 aromatic rings. The van der Waals surface area contributed by atoms with E-state index in [9.17, 15) is 9.59 Å². The van der Waals surface area contributed by atoms with E-state index in [2.05, 4.69) is 10.6 Å². The second kappa shape index (κ2) is 7.53. The third kappa shape index (κ3) is 5.09. The van der Waals surface area contributed by atoms with Gasteiger partial charge >= 0.3 is 11.8 Å². The Kier molecular flexibility index (Phi) is 6.02. The van der Waals surface area contributed by atoms with E-state index >= 15 is 0 Å². The molecule has 2 N–H and O–H groups in total. The number of rotatable bonds is 5. The topological polar surface area (TPSA) is 67.4 Å². The van der Waals surface area contributed by atoms with Gasteiger partial charge in [-0.15, -0.1) is 0 Å². The predicted molar refractivity (Wildman–Crippen MR) is 74.0 cm³/mol. The number of methoxy groups -OCH3 is 1. The Morgan fingerprint density at radius 1 is 1.21 bits per heavy atom. The van der Waals surface area contributed by atoms with Gasteiger partial charge in [0.25, 0.3) is 0 Å².